The fourth-order valence-corrected chi connectivity index (χ4v) is 4.46. The number of aliphatic hydroxyl groups excluding tert-OH is 1. The molecule has 1 N–H and O–H groups in total. The number of rotatable bonds is 5. The van der Waals surface area contributed by atoms with Gasteiger partial charge in [0, 0.05) is 11.3 Å². The van der Waals surface area contributed by atoms with E-state index in [0.29, 0.717) is 33.9 Å². The highest BCUT2D eigenvalue weighted by atomic mass is 16.7. The number of nitrogens with zero attached hydrogens (tertiary/aromatic N) is 1. The number of amides is 1. The van der Waals surface area contributed by atoms with Crippen molar-refractivity contribution in [3.8, 4) is 11.5 Å². The van der Waals surface area contributed by atoms with Gasteiger partial charge in [-0.2, -0.15) is 0 Å². The van der Waals surface area contributed by atoms with Crippen LogP contribution in [-0.2, 0) is 14.3 Å². The summed E-state index contributed by atoms with van der Waals surface area (Å²) in [4.78, 5) is 40.1. The average molecular weight is 485 g/mol. The summed E-state index contributed by atoms with van der Waals surface area (Å²) >= 11 is 0. The van der Waals surface area contributed by atoms with Crippen LogP contribution in [0.5, 0.6) is 11.5 Å². The van der Waals surface area contributed by atoms with Crippen molar-refractivity contribution < 1.29 is 33.7 Å². The van der Waals surface area contributed by atoms with Crippen molar-refractivity contribution >= 4 is 29.1 Å². The molecule has 0 saturated carbocycles. The Morgan fingerprint density at radius 1 is 1.00 bits per heavy atom. The van der Waals surface area contributed by atoms with E-state index in [9.17, 15) is 19.5 Å². The molecule has 0 aromatic heterocycles. The smallest absolute Gasteiger partial charge is 0.338 e. The second-order valence-corrected chi connectivity index (χ2v) is 8.36. The predicted molar refractivity (Wildman–Crippen MR) is 131 cm³/mol. The van der Waals surface area contributed by atoms with E-state index in [1.807, 2.05) is 31.2 Å². The molecule has 0 radical (unpaired) electrons. The maximum atomic E-state index is 13.4. The highest BCUT2D eigenvalue weighted by Gasteiger charge is 2.47. The lowest BCUT2D eigenvalue weighted by Gasteiger charge is -2.26. The van der Waals surface area contributed by atoms with Crippen LogP contribution in [0.3, 0.4) is 0 Å². The predicted octanol–water partition coefficient (Wildman–Crippen LogP) is 4.53. The number of aliphatic hydroxyl groups is 1. The molecule has 1 saturated heterocycles. The van der Waals surface area contributed by atoms with Crippen LogP contribution in [0.25, 0.3) is 5.76 Å². The SMILES string of the molecule is CCOC(=O)c1ccc(N2C(=O)C(=O)/C(=C(/O)c3ccc4c(c3)OCO4)C2c2ccccc2C)cc1. The monoisotopic (exact) mass is 485 g/mol. The van der Waals surface area contributed by atoms with Crippen LogP contribution in [0.15, 0.2) is 72.3 Å². The average Bonchev–Trinajstić information content (AvgIpc) is 3.46. The lowest BCUT2D eigenvalue weighted by atomic mass is 9.92. The second kappa shape index (κ2) is 9.22. The zero-order valence-electron chi connectivity index (χ0n) is 19.7. The van der Waals surface area contributed by atoms with E-state index in [4.69, 9.17) is 14.2 Å². The number of carbonyl (C=O) groups excluding carboxylic acids is 3. The van der Waals surface area contributed by atoms with Gasteiger partial charge in [0.2, 0.25) is 6.79 Å². The van der Waals surface area contributed by atoms with E-state index in [-0.39, 0.29) is 24.7 Å². The van der Waals surface area contributed by atoms with E-state index >= 15 is 0 Å². The lowest BCUT2D eigenvalue weighted by Crippen LogP contribution is -2.29. The first-order valence-corrected chi connectivity index (χ1v) is 11.4. The summed E-state index contributed by atoms with van der Waals surface area (Å²) in [6, 6.07) is 17.6. The van der Waals surface area contributed by atoms with Crippen LogP contribution in [-0.4, -0.2) is 36.2 Å². The minimum Gasteiger partial charge on any atom is -0.507 e. The first kappa shape index (κ1) is 23.2. The van der Waals surface area contributed by atoms with Gasteiger partial charge in [-0.25, -0.2) is 4.79 Å². The first-order valence-electron chi connectivity index (χ1n) is 11.4. The van der Waals surface area contributed by atoms with E-state index in [2.05, 4.69) is 0 Å². The summed E-state index contributed by atoms with van der Waals surface area (Å²) in [5.41, 5.74) is 2.55. The molecule has 3 aromatic carbocycles. The quantitative estimate of drug-likeness (QED) is 0.245. The van der Waals surface area contributed by atoms with Gasteiger partial charge in [-0.3, -0.25) is 14.5 Å². The molecule has 1 amide bonds. The molecule has 182 valence electrons. The Morgan fingerprint density at radius 2 is 1.69 bits per heavy atom. The minimum absolute atomic E-state index is 0.0392. The van der Waals surface area contributed by atoms with E-state index < -0.39 is 23.7 Å². The van der Waals surface area contributed by atoms with Crippen molar-refractivity contribution in [3.05, 3.63) is 94.6 Å². The molecule has 0 spiro atoms. The molecule has 2 heterocycles. The maximum Gasteiger partial charge on any atom is 0.338 e. The van der Waals surface area contributed by atoms with Crippen molar-refractivity contribution in [1.29, 1.82) is 0 Å². The van der Waals surface area contributed by atoms with Crippen molar-refractivity contribution in [1.82, 2.24) is 0 Å². The van der Waals surface area contributed by atoms with Gasteiger partial charge < -0.3 is 19.3 Å². The number of fused-ring (bicyclic) bond motifs is 1. The molecule has 36 heavy (non-hydrogen) atoms. The first-order chi connectivity index (χ1) is 17.4. The number of ether oxygens (including phenoxy) is 3. The number of benzene rings is 3. The highest BCUT2D eigenvalue weighted by Crippen LogP contribution is 2.44. The third-order valence-electron chi connectivity index (χ3n) is 6.23. The summed E-state index contributed by atoms with van der Waals surface area (Å²) in [6.07, 6.45) is 0. The summed E-state index contributed by atoms with van der Waals surface area (Å²) in [5.74, 6) is -1.42. The van der Waals surface area contributed by atoms with Crippen LogP contribution < -0.4 is 14.4 Å². The third-order valence-corrected chi connectivity index (χ3v) is 6.23. The van der Waals surface area contributed by atoms with Gasteiger partial charge >= 0.3 is 5.97 Å². The molecule has 0 bridgehead atoms. The van der Waals surface area contributed by atoms with Crippen molar-refractivity contribution in [3.63, 3.8) is 0 Å². The molecular weight excluding hydrogens is 462 g/mol. The van der Waals surface area contributed by atoms with Crippen LogP contribution in [0, 0.1) is 6.92 Å². The largest absolute Gasteiger partial charge is 0.507 e. The lowest BCUT2D eigenvalue weighted by molar-refractivity contribution is -0.132. The number of hydrogen-bond donors (Lipinski definition) is 1. The summed E-state index contributed by atoms with van der Waals surface area (Å²) in [5, 5.41) is 11.3. The molecular formula is C28H23NO7. The Balaban J connectivity index is 1.65. The highest BCUT2D eigenvalue weighted by molar-refractivity contribution is 6.51. The summed E-state index contributed by atoms with van der Waals surface area (Å²) in [6.45, 7) is 3.89. The van der Waals surface area contributed by atoms with Gasteiger partial charge in [0.25, 0.3) is 11.7 Å². The number of aryl methyl sites for hydroxylation is 1. The number of esters is 1. The molecule has 2 aliphatic heterocycles. The molecule has 8 nitrogen and oxygen atoms in total. The fraction of sp³-hybridized carbons (Fsp3) is 0.179. The van der Waals surface area contributed by atoms with Crippen molar-refractivity contribution in [2.45, 2.75) is 19.9 Å². The Bertz CT molecular complexity index is 1410. The van der Waals surface area contributed by atoms with Gasteiger partial charge in [0.1, 0.15) is 5.76 Å². The van der Waals surface area contributed by atoms with E-state index in [1.165, 1.54) is 4.90 Å². The molecule has 0 aliphatic carbocycles. The number of hydrogen-bond acceptors (Lipinski definition) is 7. The van der Waals surface area contributed by atoms with Crippen LogP contribution in [0.1, 0.15) is 40.0 Å². The van der Waals surface area contributed by atoms with Crippen molar-refractivity contribution in [2.75, 3.05) is 18.3 Å². The standard InChI is InChI=1S/C28H23NO7/c1-3-34-28(33)17-8-11-19(12-9-17)29-24(20-7-5-4-6-16(20)2)23(26(31)27(29)32)25(30)18-10-13-21-22(14-18)36-15-35-21/h4-14,24,30H,3,15H2,1-2H3/b25-23+. The molecule has 1 unspecified atom stereocenters. The molecule has 2 aliphatic rings. The zero-order valence-corrected chi connectivity index (χ0v) is 19.7. The number of carbonyl (C=O) groups is 3. The van der Waals surface area contributed by atoms with Crippen molar-refractivity contribution in [2.24, 2.45) is 0 Å². The van der Waals surface area contributed by atoms with E-state index in [0.717, 1.165) is 5.56 Å². The molecule has 5 rings (SSSR count). The zero-order chi connectivity index (χ0) is 25.4. The van der Waals surface area contributed by atoms with Crippen LogP contribution in [0.4, 0.5) is 5.69 Å². The maximum absolute atomic E-state index is 13.4. The topological polar surface area (TPSA) is 102 Å². The van der Waals surface area contributed by atoms with Crippen LogP contribution in [0.2, 0.25) is 0 Å². The Hall–Kier alpha value is -4.59. The normalized spacial score (nSPS) is 17.9. The van der Waals surface area contributed by atoms with Crippen LogP contribution >= 0.6 is 0 Å². The van der Waals surface area contributed by atoms with Gasteiger partial charge in [-0.15, -0.1) is 0 Å². The van der Waals surface area contributed by atoms with Gasteiger partial charge in [0.05, 0.1) is 23.8 Å². The number of Topliss-reactive ketones (excluding diaryl/α,β-unsaturated/α-hetero) is 1. The number of ketones is 1. The third kappa shape index (κ3) is 3.86. The van der Waals surface area contributed by atoms with Gasteiger partial charge in [-0.1, -0.05) is 24.3 Å². The van der Waals surface area contributed by atoms with Gasteiger partial charge in [0.15, 0.2) is 11.5 Å². The molecule has 3 aromatic rings. The second-order valence-electron chi connectivity index (χ2n) is 8.36. The molecule has 1 atom stereocenters. The number of anilines is 1. The summed E-state index contributed by atoms with van der Waals surface area (Å²) < 4.78 is 15.8. The Morgan fingerprint density at radius 3 is 2.42 bits per heavy atom. The molecule has 8 heteroatoms. The molecule has 1 fully saturated rings. The van der Waals surface area contributed by atoms with E-state index in [1.54, 1.807) is 49.4 Å². The Kier molecular flexibility index (Phi) is 5.93. The summed E-state index contributed by atoms with van der Waals surface area (Å²) in [7, 11) is 0. The van der Waals surface area contributed by atoms with Gasteiger partial charge in [-0.05, 0) is 67.4 Å². The minimum atomic E-state index is -0.884. The Labute approximate surface area is 207 Å². The fourth-order valence-electron chi connectivity index (χ4n) is 4.46.